The Labute approximate surface area is 157 Å². The number of amides is 2. The number of hydrogen-bond acceptors (Lipinski definition) is 6. The maximum atomic E-state index is 12.9. The van der Waals surface area contributed by atoms with E-state index in [9.17, 15) is 9.59 Å². The van der Waals surface area contributed by atoms with Crippen molar-refractivity contribution in [1.82, 2.24) is 20.3 Å². The van der Waals surface area contributed by atoms with E-state index < -0.39 is 0 Å². The number of carbonyl (C=O) groups is 2. The molecule has 1 saturated heterocycles. The molecule has 2 aromatic rings. The Balaban J connectivity index is 1.41. The van der Waals surface area contributed by atoms with Crippen LogP contribution < -0.4 is 15.3 Å². The first-order valence-electron chi connectivity index (χ1n) is 8.88. The van der Waals surface area contributed by atoms with Gasteiger partial charge < -0.3 is 9.80 Å². The summed E-state index contributed by atoms with van der Waals surface area (Å²) in [6.07, 6.45) is 5.29. The van der Waals surface area contributed by atoms with Gasteiger partial charge >= 0.3 is 0 Å². The monoisotopic (exact) mass is 364 g/mol. The number of piperazine rings is 1. The second-order valence-electron chi connectivity index (χ2n) is 6.33. The first-order valence-corrected chi connectivity index (χ1v) is 8.88. The molecule has 0 saturated carbocycles. The lowest BCUT2D eigenvalue weighted by Crippen LogP contribution is -2.54. The predicted octanol–water partition coefficient (Wildman–Crippen LogP) is 0.951. The van der Waals surface area contributed by atoms with Crippen LogP contribution in [0.25, 0.3) is 0 Å². The van der Waals surface area contributed by atoms with Crippen molar-refractivity contribution >= 4 is 23.5 Å². The van der Waals surface area contributed by atoms with Crippen LogP contribution in [0.4, 0.5) is 11.6 Å². The van der Waals surface area contributed by atoms with Crippen molar-refractivity contribution < 1.29 is 9.59 Å². The Morgan fingerprint density at radius 1 is 0.963 bits per heavy atom. The molecule has 0 spiro atoms. The second kappa shape index (κ2) is 7.45. The minimum absolute atomic E-state index is 0.0937. The summed E-state index contributed by atoms with van der Waals surface area (Å²) in [5, 5.41) is 1.43. The highest BCUT2D eigenvalue weighted by Crippen LogP contribution is 2.19. The first kappa shape index (κ1) is 17.0. The minimum Gasteiger partial charge on any atom is -0.337 e. The van der Waals surface area contributed by atoms with Crippen LogP contribution in [0.1, 0.15) is 6.42 Å². The summed E-state index contributed by atoms with van der Waals surface area (Å²) in [7, 11) is 0. The maximum absolute atomic E-state index is 12.9. The summed E-state index contributed by atoms with van der Waals surface area (Å²) in [5.74, 6) is 0.487. The summed E-state index contributed by atoms with van der Waals surface area (Å²) in [6, 6.07) is 11.0. The van der Waals surface area contributed by atoms with E-state index >= 15 is 0 Å². The topological polar surface area (TPSA) is 81.7 Å². The van der Waals surface area contributed by atoms with E-state index in [1.54, 1.807) is 29.4 Å². The summed E-state index contributed by atoms with van der Waals surface area (Å²) < 4.78 is 0. The lowest BCUT2D eigenvalue weighted by molar-refractivity contribution is -0.128. The van der Waals surface area contributed by atoms with E-state index in [1.165, 1.54) is 5.01 Å². The number of anilines is 2. The van der Waals surface area contributed by atoms with Crippen LogP contribution in [0, 0.1) is 0 Å². The Kier molecular flexibility index (Phi) is 4.69. The number of hydrogen-bond donors (Lipinski definition) is 1. The highest BCUT2D eigenvalue weighted by molar-refractivity contribution is 6.01. The van der Waals surface area contributed by atoms with Crippen molar-refractivity contribution in [2.24, 2.45) is 0 Å². The number of hydrazine groups is 1. The molecule has 138 valence electrons. The molecule has 0 unspecified atom stereocenters. The molecule has 27 heavy (non-hydrogen) atoms. The molecule has 0 aliphatic carbocycles. The molecule has 0 radical (unpaired) electrons. The lowest BCUT2D eigenvalue weighted by atomic mass is 10.2. The zero-order valence-electron chi connectivity index (χ0n) is 14.8. The van der Waals surface area contributed by atoms with Gasteiger partial charge in [0.2, 0.25) is 11.9 Å². The van der Waals surface area contributed by atoms with E-state index in [0.717, 1.165) is 0 Å². The van der Waals surface area contributed by atoms with Crippen LogP contribution in [-0.2, 0) is 9.59 Å². The third-order valence-corrected chi connectivity index (χ3v) is 4.61. The predicted molar refractivity (Wildman–Crippen MR) is 101 cm³/mol. The second-order valence-corrected chi connectivity index (χ2v) is 6.33. The molecule has 1 N–H and O–H groups in total. The van der Waals surface area contributed by atoms with Gasteiger partial charge in [-0.1, -0.05) is 18.2 Å². The standard InChI is InChI=1S/C19H20N6O2/c26-17-8-7-16(22-25(17)15-5-2-1-3-6-15)18(27)23-11-13-24(14-12-23)19-20-9-4-10-21-19/h1-7,9-10,22H,8,11-14H2. The number of aromatic nitrogens is 2. The quantitative estimate of drug-likeness (QED) is 0.873. The van der Waals surface area contributed by atoms with Crippen molar-refractivity contribution in [2.45, 2.75) is 6.42 Å². The van der Waals surface area contributed by atoms with Crippen molar-refractivity contribution in [3.63, 3.8) is 0 Å². The molecule has 4 rings (SSSR count). The van der Waals surface area contributed by atoms with E-state index in [2.05, 4.69) is 20.3 Å². The van der Waals surface area contributed by atoms with Crippen LogP contribution in [0.3, 0.4) is 0 Å². The molecule has 2 aliphatic heterocycles. The Hall–Kier alpha value is -3.42. The van der Waals surface area contributed by atoms with E-state index in [1.807, 2.05) is 30.3 Å². The Morgan fingerprint density at radius 3 is 2.37 bits per heavy atom. The first-order chi connectivity index (χ1) is 13.2. The van der Waals surface area contributed by atoms with Gasteiger partial charge in [0.15, 0.2) is 0 Å². The van der Waals surface area contributed by atoms with Gasteiger partial charge in [0.1, 0.15) is 5.70 Å². The van der Waals surface area contributed by atoms with Crippen molar-refractivity contribution in [2.75, 3.05) is 36.1 Å². The molecular weight excluding hydrogens is 344 g/mol. The maximum Gasteiger partial charge on any atom is 0.271 e. The van der Waals surface area contributed by atoms with Crippen LogP contribution in [-0.4, -0.2) is 52.9 Å². The normalized spacial score (nSPS) is 17.4. The molecular formula is C19H20N6O2. The van der Waals surface area contributed by atoms with Gasteiger partial charge in [-0.15, -0.1) is 0 Å². The molecule has 1 aromatic carbocycles. The van der Waals surface area contributed by atoms with Crippen molar-refractivity contribution in [3.8, 4) is 0 Å². The number of para-hydroxylation sites is 1. The number of rotatable bonds is 3. The third-order valence-electron chi connectivity index (χ3n) is 4.61. The summed E-state index contributed by atoms with van der Waals surface area (Å²) in [6.45, 7) is 2.50. The fourth-order valence-corrected chi connectivity index (χ4v) is 3.16. The van der Waals surface area contributed by atoms with Gasteiger partial charge in [-0.3, -0.25) is 15.0 Å². The van der Waals surface area contributed by atoms with Gasteiger partial charge in [-0.25, -0.2) is 15.0 Å². The largest absolute Gasteiger partial charge is 0.337 e. The Bertz CT molecular complexity index is 847. The van der Waals surface area contributed by atoms with Crippen LogP contribution in [0.2, 0.25) is 0 Å². The van der Waals surface area contributed by atoms with Gasteiger partial charge in [-0.05, 0) is 24.3 Å². The number of carbonyl (C=O) groups excluding carboxylic acids is 2. The van der Waals surface area contributed by atoms with Gasteiger partial charge in [0, 0.05) is 45.0 Å². The van der Waals surface area contributed by atoms with Gasteiger partial charge in [0.25, 0.3) is 5.91 Å². The average Bonchev–Trinajstić information content (AvgIpc) is 2.75. The molecule has 2 amide bonds. The van der Waals surface area contributed by atoms with Gasteiger partial charge in [-0.2, -0.15) is 0 Å². The molecule has 2 aliphatic rings. The fraction of sp³-hybridized carbons (Fsp3) is 0.263. The number of nitrogens with zero attached hydrogens (tertiary/aromatic N) is 5. The van der Waals surface area contributed by atoms with Gasteiger partial charge in [0.05, 0.1) is 5.69 Å². The van der Waals surface area contributed by atoms with Crippen molar-refractivity contribution in [1.29, 1.82) is 0 Å². The third kappa shape index (κ3) is 3.59. The van der Waals surface area contributed by atoms with Crippen LogP contribution >= 0.6 is 0 Å². The Morgan fingerprint density at radius 2 is 1.67 bits per heavy atom. The average molecular weight is 364 g/mol. The molecule has 1 fully saturated rings. The van der Waals surface area contributed by atoms with E-state index in [4.69, 9.17) is 0 Å². The smallest absolute Gasteiger partial charge is 0.271 e. The summed E-state index contributed by atoms with van der Waals surface area (Å²) >= 11 is 0. The van der Waals surface area contributed by atoms with Crippen molar-refractivity contribution in [3.05, 3.63) is 60.6 Å². The minimum atomic E-state index is -0.0999. The molecule has 8 heteroatoms. The molecule has 3 heterocycles. The zero-order chi connectivity index (χ0) is 18.6. The van der Waals surface area contributed by atoms with Crippen LogP contribution in [0.15, 0.2) is 60.6 Å². The molecule has 1 aromatic heterocycles. The SMILES string of the molecule is O=C(C1=CCC(=O)N(c2ccccc2)N1)N1CCN(c2ncccn2)CC1. The van der Waals surface area contributed by atoms with E-state index in [0.29, 0.717) is 43.5 Å². The summed E-state index contributed by atoms with van der Waals surface area (Å²) in [5.41, 5.74) is 4.12. The number of nitrogens with one attached hydrogen (secondary N) is 1. The lowest BCUT2D eigenvalue weighted by Gasteiger charge is -2.36. The highest BCUT2D eigenvalue weighted by Gasteiger charge is 2.29. The summed E-state index contributed by atoms with van der Waals surface area (Å²) in [4.78, 5) is 37.5. The fourth-order valence-electron chi connectivity index (χ4n) is 3.16. The van der Waals surface area contributed by atoms with Crippen LogP contribution in [0.5, 0.6) is 0 Å². The molecule has 0 atom stereocenters. The highest BCUT2D eigenvalue weighted by atomic mass is 16.2. The molecule has 0 bridgehead atoms. The van der Waals surface area contributed by atoms with E-state index in [-0.39, 0.29) is 18.2 Å². The molecule has 8 nitrogen and oxygen atoms in total. The number of benzene rings is 1. The zero-order valence-corrected chi connectivity index (χ0v) is 14.8.